The lowest BCUT2D eigenvalue weighted by molar-refractivity contribution is -0.113. The van der Waals surface area contributed by atoms with E-state index in [2.05, 4.69) is 27.2 Å². The van der Waals surface area contributed by atoms with Gasteiger partial charge in [-0.3, -0.25) is 4.79 Å². The number of carbonyl (C=O) groups excluding carboxylic acids is 1. The van der Waals surface area contributed by atoms with E-state index in [1.54, 1.807) is 17.7 Å². The summed E-state index contributed by atoms with van der Waals surface area (Å²) in [7, 11) is 0. The molecule has 5 nitrogen and oxygen atoms in total. The molecule has 0 saturated heterocycles. The van der Waals surface area contributed by atoms with Crippen molar-refractivity contribution < 1.29 is 4.79 Å². The molecule has 0 aliphatic heterocycles. The van der Waals surface area contributed by atoms with E-state index in [0.29, 0.717) is 10.9 Å². The molecule has 0 bridgehead atoms. The van der Waals surface area contributed by atoms with Crippen molar-refractivity contribution in [3.05, 3.63) is 27.8 Å². The number of aryl methyl sites for hydroxylation is 2. The normalized spacial score (nSPS) is 16.8. The van der Waals surface area contributed by atoms with Gasteiger partial charge in [0.25, 0.3) is 0 Å². The van der Waals surface area contributed by atoms with Gasteiger partial charge < -0.3 is 5.32 Å². The minimum atomic E-state index is -0.0520. The van der Waals surface area contributed by atoms with Gasteiger partial charge in [-0.1, -0.05) is 18.7 Å². The van der Waals surface area contributed by atoms with Crippen LogP contribution in [-0.4, -0.2) is 26.6 Å². The lowest BCUT2D eigenvalue weighted by Gasteiger charge is -2.18. The largest absolute Gasteiger partial charge is 0.301 e. The SMILES string of the molecule is Cc1csc(NC(=O)CSc2ncnc3sc4c(c23)CC[C@H](C)C4)n1. The minimum absolute atomic E-state index is 0.0520. The summed E-state index contributed by atoms with van der Waals surface area (Å²) in [5, 5.41) is 7.51. The number of amides is 1. The van der Waals surface area contributed by atoms with Gasteiger partial charge >= 0.3 is 0 Å². The van der Waals surface area contributed by atoms with Crippen LogP contribution < -0.4 is 5.32 Å². The highest BCUT2D eigenvalue weighted by atomic mass is 32.2. The van der Waals surface area contributed by atoms with Crippen molar-refractivity contribution >= 4 is 55.7 Å². The van der Waals surface area contributed by atoms with Crippen LogP contribution >= 0.6 is 34.4 Å². The molecule has 0 radical (unpaired) electrons. The molecule has 0 unspecified atom stereocenters. The molecule has 1 amide bonds. The summed E-state index contributed by atoms with van der Waals surface area (Å²) < 4.78 is 0. The highest BCUT2D eigenvalue weighted by Gasteiger charge is 2.23. The molecule has 3 heterocycles. The molecule has 1 aliphatic rings. The highest BCUT2D eigenvalue weighted by Crippen LogP contribution is 2.40. The zero-order valence-electron chi connectivity index (χ0n) is 14.0. The van der Waals surface area contributed by atoms with E-state index >= 15 is 0 Å². The first-order valence-electron chi connectivity index (χ1n) is 8.20. The molecule has 0 saturated carbocycles. The summed E-state index contributed by atoms with van der Waals surface area (Å²) in [5.74, 6) is 1.01. The summed E-state index contributed by atoms with van der Waals surface area (Å²) in [6.07, 6.45) is 5.03. The van der Waals surface area contributed by atoms with Gasteiger partial charge in [0.1, 0.15) is 16.2 Å². The summed E-state index contributed by atoms with van der Waals surface area (Å²) in [4.78, 5) is 27.9. The van der Waals surface area contributed by atoms with Crippen LogP contribution in [0.5, 0.6) is 0 Å². The van der Waals surface area contributed by atoms with Crippen molar-refractivity contribution in [3.8, 4) is 0 Å². The Bertz CT molecular complexity index is 933. The molecule has 0 spiro atoms. The van der Waals surface area contributed by atoms with Crippen molar-refractivity contribution in [1.29, 1.82) is 0 Å². The fourth-order valence-corrected chi connectivity index (χ4v) is 6.00. The maximum absolute atomic E-state index is 12.2. The molecule has 3 aromatic rings. The maximum atomic E-state index is 12.2. The number of hydrogen-bond acceptors (Lipinski definition) is 7. The van der Waals surface area contributed by atoms with Crippen LogP contribution in [-0.2, 0) is 17.6 Å². The number of aromatic nitrogens is 3. The van der Waals surface area contributed by atoms with Crippen LogP contribution in [0, 0.1) is 12.8 Å². The molecule has 1 atom stereocenters. The average molecular weight is 391 g/mol. The Morgan fingerprint density at radius 1 is 1.44 bits per heavy atom. The van der Waals surface area contributed by atoms with E-state index in [1.165, 1.54) is 40.0 Å². The molecule has 1 N–H and O–H groups in total. The third kappa shape index (κ3) is 3.56. The summed E-state index contributed by atoms with van der Waals surface area (Å²) >= 11 is 4.71. The van der Waals surface area contributed by atoms with Gasteiger partial charge in [-0.05, 0) is 37.7 Å². The predicted molar refractivity (Wildman–Crippen MR) is 105 cm³/mol. The van der Waals surface area contributed by atoms with Crippen molar-refractivity contribution in [2.75, 3.05) is 11.1 Å². The van der Waals surface area contributed by atoms with Gasteiger partial charge in [-0.25, -0.2) is 15.0 Å². The predicted octanol–water partition coefficient (Wildman–Crippen LogP) is 4.31. The highest BCUT2D eigenvalue weighted by molar-refractivity contribution is 8.00. The molecular weight excluding hydrogens is 372 g/mol. The van der Waals surface area contributed by atoms with E-state index in [0.717, 1.165) is 39.7 Å². The van der Waals surface area contributed by atoms with Crippen LogP contribution in [0.1, 0.15) is 29.5 Å². The summed E-state index contributed by atoms with van der Waals surface area (Å²) in [6, 6.07) is 0. The fraction of sp³-hybridized carbons (Fsp3) is 0.412. The molecule has 8 heteroatoms. The zero-order valence-corrected chi connectivity index (χ0v) is 16.5. The van der Waals surface area contributed by atoms with Crippen molar-refractivity contribution in [2.45, 2.75) is 38.1 Å². The van der Waals surface area contributed by atoms with Crippen LogP contribution in [0.2, 0.25) is 0 Å². The van der Waals surface area contributed by atoms with Crippen LogP contribution in [0.15, 0.2) is 16.7 Å². The second kappa shape index (κ2) is 7.01. The van der Waals surface area contributed by atoms with E-state index < -0.39 is 0 Å². The molecule has 130 valence electrons. The van der Waals surface area contributed by atoms with Crippen molar-refractivity contribution in [3.63, 3.8) is 0 Å². The monoisotopic (exact) mass is 390 g/mol. The number of rotatable bonds is 4. The molecule has 4 rings (SSSR count). The van der Waals surface area contributed by atoms with E-state index in [9.17, 15) is 4.79 Å². The number of nitrogens with zero attached hydrogens (tertiary/aromatic N) is 3. The van der Waals surface area contributed by atoms with E-state index in [4.69, 9.17) is 0 Å². The summed E-state index contributed by atoms with van der Waals surface area (Å²) in [6.45, 7) is 4.22. The topological polar surface area (TPSA) is 67.8 Å². The van der Waals surface area contributed by atoms with E-state index in [-0.39, 0.29) is 5.91 Å². The van der Waals surface area contributed by atoms with Gasteiger partial charge in [-0.15, -0.1) is 22.7 Å². The zero-order chi connectivity index (χ0) is 17.4. The van der Waals surface area contributed by atoms with Crippen LogP contribution in [0.3, 0.4) is 0 Å². The van der Waals surface area contributed by atoms with Gasteiger partial charge in [0, 0.05) is 15.6 Å². The molecule has 0 fully saturated rings. The number of hydrogen-bond donors (Lipinski definition) is 1. The Morgan fingerprint density at radius 3 is 3.12 bits per heavy atom. The molecule has 3 aromatic heterocycles. The second-order valence-electron chi connectivity index (χ2n) is 6.34. The molecular formula is C17H18N4OS3. The van der Waals surface area contributed by atoms with Crippen LogP contribution in [0.25, 0.3) is 10.2 Å². The summed E-state index contributed by atoms with van der Waals surface area (Å²) in [5.41, 5.74) is 2.32. The smallest absolute Gasteiger partial charge is 0.236 e. The second-order valence-corrected chi connectivity index (χ2v) is 9.25. The van der Waals surface area contributed by atoms with Gasteiger partial charge in [-0.2, -0.15) is 0 Å². The van der Waals surface area contributed by atoms with Crippen LogP contribution in [0.4, 0.5) is 5.13 Å². The van der Waals surface area contributed by atoms with Gasteiger partial charge in [0.05, 0.1) is 11.4 Å². The average Bonchev–Trinajstić information content (AvgIpc) is 3.15. The number of thioether (sulfide) groups is 1. The number of fused-ring (bicyclic) bond motifs is 3. The van der Waals surface area contributed by atoms with Crippen molar-refractivity contribution in [2.24, 2.45) is 5.92 Å². The Labute approximate surface area is 158 Å². The Kier molecular flexibility index (Phi) is 4.75. The van der Waals surface area contributed by atoms with Crippen molar-refractivity contribution in [1.82, 2.24) is 15.0 Å². The van der Waals surface area contributed by atoms with Gasteiger partial charge in [0.15, 0.2) is 5.13 Å². The quantitative estimate of drug-likeness (QED) is 0.531. The Balaban J connectivity index is 1.52. The van der Waals surface area contributed by atoms with E-state index in [1.807, 2.05) is 12.3 Å². The number of thiophene rings is 1. The Hall–Kier alpha value is -1.51. The third-order valence-corrected chi connectivity index (χ3v) is 7.29. The maximum Gasteiger partial charge on any atom is 0.236 e. The number of thiazole rings is 1. The minimum Gasteiger partial charge on any atom is -0.301 e. The molecule has 1 aliphatic carbocycles. The lowest BCUT2D eigenvalue weighted by Crippen LogP contribution is -2.14. The molecule has 25 heavy (non-hydrogen) atoms. The first kappa shape index (κ1) is 16.9. The standard InChI is InChI=1S/C17H18N4OS3/c1-9-3-4-11-12(5-9)25-16-14(11)15(18-8-19-16)23-7-13(22)21-17-20-10(2)6-24-17/h6,8-9H,3-5,7H2,1-2H3,(H,20,21,22)/t9-/m0/s1. The number of carbonyl (C=O) groups is 1. The number of nitrogens with one attached hydrogen (secondary N) is 1. The molecule has 0 aromatic carbocycles. The lowest BCUT2D eigenvalue weighted by atomic mass is 9.89. The first-order chi connectivity index (χ1) is 12.1. The number of anilines is 1. The Morgan fingerprint density at radius 2 is 2.32 bits per heavy atom. The fourth-order valence-electron chi connectivity index (χ4n) is 3.06. The first-order valence-corrected chi connectivity index (χ1v) is 10.9. The third-order valence-electron chi connectivity index (χ3n) is 4.26. The van der Waals surface area contributed by atoms with Gasteiger partial charge in [0.2, 0.25) is 5.91 Å².